The van der Waals surface area contributed by atoms with Crippen LogP contribution in [0, 0.1) is 5.92 Å². The number of hydrogen-bond acceptors (Lipinski definition) is 3. The minimum Gasteiger partial charge on any atom is -0.314 e. The zero-order valence-electron chi connectivity index (χ0n) is 10.7. The van der Waals surface area contributed by atoms with Gasteiger partial charge in [0, 0.05) is 12.1 Å². The third-order valence-electron chi connectivity index (χ3n) is 4.03. The Bertz CT molecular complexity index is 210. The SMILES string of the molecule is CSCC(C)CNC1CCN2CCCC2C1. The van der Waals surface area contributed by atoms with Crippen molar-refractivity contribution in [2.75, 3.05) is 31.6 Å². The van der Waals surface area contributed by atoms with E-state index in [2.05, 4.69) is 23.4 Å². The molecule has 0 aromatic heterocycles. The predicted octanol–water partition coefficient (Wildman–Crippen LogP) is 2.20. The van der Waals surface area contributed by atoms with Crippen LogP contribution in [0.25, 0.3) is 0 Å². The van der Waals surface area contributed by atoms with Crippen molar-refractivity contribution in [3.8, 4) is 0 Å². The van der Waals surface area contributed by atoms with Crippen LogP contribution >= 0.6 is 11.8 Å². The van der Waals surface area contributed by atoms with E-state index in [1.54, 1.807) is 0 Å². The first-order valence-electron chi connectivity index (χ1n) is 6.76. The van der Waals surface area contributed by atoms with Crippen LogP contribution in [0.15, 0.2) is 0 Å². The highest BCUT2D eigenvalue weighted by atomic mass is 32.2. The molecule has 0 aromatic carbocycles. The highest BCUT2D eigenvalue weighted by Gasteiger charge is 2.31. The van der Waals surface area contributed by atoms with Crippen LogP contribution in [0.3, 0.4) is 0 Å². The summed E-state index contributed by atoms with van der Waals surface area (Å²) in [6.45, 7) is 6.26. The van der Waals surface area contributed by atoms with Crippen molar-refractivity contribution in [3.63, 3.8) is 0 Å². The summed E-state index contributed by atoms with van der Waals surface area (Å²) in [5.41, 5.74) is 0. The molecule has 0 aromatic rings. The van der Waals surface area contributed by atoms with Gasteiger partial charge in [-0.15, -0.1) is 0 Å². The molecule has 0 bridgehead atoms. The van der Waals surface area contributed by atoms with E-state index >= 15 is 0 Å². The highest BCUT2D eigenvalue weighted by Crippen LogP contribution is 2.26. The molecule has 2 fully saturated rings. The van der Waals surface area contributed by atoms with Crippen molar-refractivity contribution in [1.82, 2.24) is 10.2 Å². The first kappa shape index (κ1) is 12.7. The Morgan fingerprint density at radius 1 is 1.38 bits per heavy atom. The molecule has 2 heterocycles. The molecule has 3 unspecified atom stereocenters. The van der Waals surface area contributed by atoms with Gasteiger partial charge in [-0.3, -0.25) is 0 Å². The van der Waals surface area contributed by atoms with E-state index in [0.717, 1.165) is 18.0 Å². The van der Waals surface area contributed by atoms with E-state index < -0.39 is 0 Å². The van der Waals surface area contributed by atoms with Crippen molar-refractivity contribution in [2.24, 2.45) is 5.92 Å². The number of nitrogens with one attached hydrogen (secondary N) is 1. The number of nitrogens with zero attached hydrogens (tertiary/aromatic N) is 1. The van der Waals surface area contributed by atoms with Gasteiger partial charge in [0.25, 0.3) is 0 Å². The largest absolute Gasteiger partial charge is 0.314 e. The first-order chi connectivity index (χ1) is 7.79. The number of thioether (sulfide) groups is 1. The quantitative estimate of drug-likeness (QED) is 0.796. The maximum atomic E-state index is 3.78. The molecule has 0 radical (unpaired) electrons. The molecule has 2 rings (SSSR count). The lowest BCUT2D eigenvalue weighted by atomic mass is 9.97. The predicted molar refractivity (Wildman–Crippen MR) is 73.2 cm³/mol. The Hall–Kier alpha value is 0.270. The van der Waals surface area contributed by atoms with Gasteiger partial charge >= 0.3 is 0 Å². The van der Waals surface area contributed by atoms with E-state index in [1.807, 2.05) is 11.8 Å². The number of fused-ring (bicyclic) bond motifs is 1. The molecular weight excluding hydrogens is 216 g/mol. The molecule has 3 atom stereocenters. The van der Waals surface area contributed by atoms with Gasteiger partial charge in [-0.25, -0.2) is 0 Å². The summed E-state index contributed by atoms with van der Waals surface area (Å²) in [5, 5.41) is 3.78. The van der Waals surface area contributed by atoms with Gasteiger partial charge in [-0.05, 0) is 63.2 Å². The molecule has 2 aliphatic rings. The molecule has 2 saturated heterocycles. The van der Waals surface area contributed by atoms with Gasteiger partial charge in [0.1, 0.15) is 0 Å². The van der Waals surface area contributed by atoms with Gasteiger partial charge in [0.05, 0.1) is 0 Å². The lowest BCUT2D eigenvalue weighted by Gasteiger charge is -2.35. The molecule has 0 amide bonds. The van der Waals surface area contributed by atoms with Crippen LogP contribution in [0.1, 0.15) is 32.6 Å². The maximum Gasteiger partial charge on any atom is 0.0111 e. The minimum absolute atomic E-state index is 0.795. The van der Waals surface area contributed by atoms with Gasteiger partial charge in [-0.1, -0.05) is 6.92 Å². The Balaban J connectivity index is 1.67. The molecule has 3 heteroatoms. The normalized spacial score (nSPS) is 32.6. The average molecular weight is 242 g/mol. The van der Waals surface area contributed by atoms with Crippen LogP contribution in [0.4, 0.5) is 0 Å². The van der Waals surface area contributed by atoms with Crippen molar-refractivity contribution in [2.45, 2.75) is 44.7 Å². The zero-order valence-corrected chi connectivity index (χ0v) is 11.6. The fraction of sp³-hybridized carbons (Fsp3) is 1.00. The van der Waals surface area contributed by atoms with Crippen LogP contribution in [0.5, 0.6) is 0 Å². The summed E-state index contributed by atoms with van der Waals surface area (Å²) in [6.07, 6.45) is 7.83. The van der Waals surface area contributed by atoms with E-state index in [0.29, 0.717) is 0 Å². The Morgan fingerprint density at radius 2 is 2.25 bits per heavy atom. The average Bonchev–Trinajstić information content (AvgIpc) is 2.74. The topological polar surface area (TPSA) is 15.3 Å². The highest BCUT2D eigenvalue weighted by molar-refractivity contribution is 7.98. The molecule has 0 spiro atoms. The van der Waals surface area contributed by atoms with E-state index in [-0.39, 0.29) is 0 Å². The van der Waals surface area contributed by atoms with Gasteiger partial charge in [-0.2, -0.15) is 11.8 Å². The lowest BCUT2D eigenvalue weighted by Crippen LogP contribution is -2.46. The third kappa shape index (κ3) is 3.38. The van der Waals surface area contributed by atoms with E-state index in [1.165, 1.54) is 51.1 Å². The molecular formula is C13H26N2S. The second kappa shape index (κ2) is 6.27. The fourth-order valence-corrected chi connectivity index (χ4v) is 3.81. The van der Waals surface area contributed by atoms with Crippen molar-refractivity contribution < 1.29 is 0 Å². The Kier molecular flexibility index (Phi) is 4.98. The minimum atomic E-state index is 0.795. The number of hydrogen-bond donors (Lipinski definition) is 1. The second-order valence-corrected chi connectivity index (χ2v) is 6.43. The monoisotopic (exact) mass is 242 g/mol. The van der Waals surface area contributed by atoms with Gasteiger partial charge in [0.15, 0.2) is 0 Å². The van der Waals surface area contributed by atoms with E-state index in [4.69, 9.17) is 0 Å². The molecule has 0 saturated carbocycles. The molecule has 1 N–H and O–H groups in total. The molecule has 16 heavy (non-hydrogen) atoms. The summed E-state index contributed by atoms with van der Waals surface area (Å²) < 4.78 is 0. The summed E-state index contributed by atoms with van der Waals surface area (Å²) >= 11 is 1.96. The molecule has 2 nitrogen and oxygen atoms in total. The first-order valence-corrected chi connectivity index (χ1v) is 8.15. The molecule has 94 valence electrons. The molecule has 2 aliphatic heterocycles. The van der Waals surface area contributed by atoms with Gasteiger partial charge < -0.3 is 10.2 Å². The lowest BCUT2D eigenvalue weighted by molar-refractivity contribution is 0.165. The standard InChI is InChI=1S/C13H26N2S/c1-11(10-16-2)9-14-12-5-7-15-6-3-4-13(15)8-12/h11-14H,3-10H2,1-2H3. The fourth-order valence-electron chi connectivity index (χ4n) is 3.12. The van der Waals surface area contributed by atoms with Crippen molar-refractivity contribution in [3.05, 3.63) is 0 Å². The third-order valence-corrected chi connectivity index (χ3v) is 4.93. The van der Waals surface area contributed by atoms with Crippen LogP contribution < -0.4 is 5.32 Å². The maximum absolute atomic E-state index is 3.78. The number of piperidine rings is 1. The summed E-state index contributed by atoms with van der Waals surface area (Å²) in [4.78, 5) is 2.70. The van der Waals surface area contributed by atoms with Crippen LogP contribution in [-0.2, 0) is 0 Å². The van der Waals surface area contributed by atoms with Crippen molar-refractivity contribution >= 4 is 11.8 Å². The molecule has 0 aliphatic carbocycles. The zero-order chi connectivity index (χ0) is 11.4. The summed E-state index contributed by atoms with van der Waals surface area (Å²) in [5.74, 6) is 2.10. The van der Waals surface area contributed by atoms with E-state index in [9.17, 15) is 0 Å². The Labute approximate surface area is 105 Å². The summed E-state index contributed by atoms with van der Waals surface area (Å²) in [7, 11) is 0. The number of rotatable bonds is 5. The summed E-state index contributed by atoms with van der Waals surface area (Å²) in [6, 6.07) is 1.70. The van der Waals surface area contributed by atoms with Gasteiger partial charge in [0.2, 0.25) is 0 Å². The van der Waals surface area contributed by atoms with Crippen LogP contribution in [-0.4, -0.2) is 48.6 Å². The Morgan fingerprint density at radius 3 is 3.06 bits per heavy atom. The van der Waals surface area contributed by atoms with Crippen molar-refractivity contribution in [1.29, 1.82) is 0 Å². The smallest absolute Gasteiger partial charge is 0.0111 e. The second-order valence-electron chi connectivity index (χ2n) is 5.52. The van der Waals surface area contributed by atoms with Crippen LogP contribution in [0.2, 0.25) is 0 Å².